The van der Waals surface area contributed by atoms with E-state index < -0.39 is 0 Å². The number of fused-ring (bicyclic) bond motifs is 1. The molecule has 0 spiro atoms. The molecule has 1 N–H and O–H groups in total. The summed E-state index contributed by atoms with van der Waals surface area (Å²) < 4.78 is 6.31. The Bertz CT molecular complexity index is 832. The summed E-state index contributed by atoms with van der Waals surface area (Å²) in [6, 6.07) is 22.7. The molecule has 4 rings (SSSR count). The van der Waals surface area contributed by atoms with Crippen molar-refractivity contribution in [2.45, 2.75) is 6.10 Å². The van der Waals surface area contributed by atoms with Crippen LogP contribution in [0.1, 0.15) is 11.7 Å². The van der Waals surface area contributed by atoms with Crippen molar-refractivity contribution in [3.63, 3.8) is 0 Å². The normalized spacial score (nSPS) is 15.4. The van der Waals surface area contributed by atoms with E-state index in [0.29, 0.717) is 10.9 Å². The van der Waals surface area contributed by atoms with Gasteiger partial charge in [-0.3, -0.25) is 0 Å². The lowest BCUT2D eigenvalue weighted by Crippen LogP contribution is -2.46. The average Bonchev–Trinajstić information content (AvgIpc) is 2.54. The number of ether oxygens (including phenoxy) is 1. The van der Waals surface area contributed by atoms with Gasteiger partial charge in [0.25, 0.3) is 0 Å². The van der Waals surface area contributed by atoms with Crippen molar-refractivity contribution in [1.29, 1.82) is 0 Å². The van der Waals surface area contributed by atoms with Crippen LogP contribution in [0.3, 0.4) is 0 Å². The molecule has 3 aromatic carbocycles. The lowest BCUT2D eigenvalue weighted by atomic mass is 9.89. The minimum absolute atomic E-state index is 0. The maximum Gasteiger partial charge on any atom is 0.138 e. The van der Waals surface area contributed by atoms with Crippen LogP contribution in [0, 0.1) is 5.92 Å². The zero-order chi connectivity index (χ0) is 15.6. The van der Waals surface area contributed by atoms with Gasteiger partial charge in [-0.1, -0.05) is 60.1 Å². The van der Waals surface area contributed by atoms with Gasteiger partial charge in [-0.15, -0.1) is 12.4 Å². The van der Waals surface area contributed by atoms with Gasteiger partial charge in [0.1, 0.15) is 11.9 Å². The van der Waals surface area contributed by atoms with Crippen LogP contribution in [-0.2, 0) is 0 Å². The van der Waals surface area contributed by atoms with Crippen LogP contribution >= 0.6 is 24.0 Å². The Balaban J connectivity index is 0.00000169. The molecule has 0 amide bonds. The SMILES string of the molecule is Cl.Clc1ccccc1OC(c1ccc2ccccc2c1)C1CNC1. The summed E-state index contributed by atoms with van der Waals surface area (Å²) in [7, 11) is 0. The first kappa shape index (κ1) is 17.1. The lowest BCUT2D eigenvalue weighted by Gasteiger charge is -2.35. The fourth-order valence-electron chi connectivity index (χ4n) is 3.02. The molecule has 1 atom stereocenters. The number of para-hydroxylation sites is 1. The zero-order valence-corrected chi connectivity index (χ0v) is 14.7. The standard InChI is InChI=1S/C20H18ClNO.ClH/c21-18-7-3-4-8-19(18)23-20(17-12-22-13-17)16-10-9-14-5-1-2-6-15(14)11-16;/h1-11,17,20,22H,12-13H2;1H. The third-order valence-electron chi connectivity index (χ3n) is 4.43. The summed E-state index contributed by atoms with van der Waals surface area (Å²) in [5.74, 6) is 1.21. The van der Waals surface area contributed by atoms with Crippen LogP contribution in [0.25, 0.3) is 10.8 Å². The summed E-state index contributed by atoms with van der Waals surface area (Å²) in [6.45, 7) is 1.95. The predicted molar refractivity (Wildman–Crippen MR) is 102 cm³/mol. The molecule has 2 nitrogen and oxygen atoms in total. The maximum absolute atomic E-state index is 6.31. The van der Waals surface area contributed by atoms with Crippen LogP contribution in [0.2, 0.25) is 5.02 Å². The van der Waals surface area contributed by atoms with Crippen molar-refractivity contribution < 1.29 is 4.74 Å². The monoisotopic (exact) mass is 359 g/mol. The van der Waals surface area contributed by atoms with Gasteiger partial charge >= 0.3 is 0 Å². The van der Waals surface area contributed by atoms with Crippen molar-refractivity contribution in [1.82, 2.24) is 5.32 Å². The summed E-state index contributed by atoms with van der Waals surface area (Å²) in [5, 5.41) is 6.48. The second kappa shape index (κ2) is 7.43. The summed E-state index contributed by atoms with van der Waals surface area (Å²) >= 11 is 6.28. The Morgan fingerprint density at radius 2 is 1.62 bits per heavy atom. The fraction of sp³-hybridized carbons (Fsp3) is 0.200. The Kier molecular flexibility index (Phi) is 5.30. The molecule has 1 unspecified atom stereocenters. The van der Waals surface area contributed by atoms with E-state index in [0.717, 1.165) is 18.8 Å². The van der Waals surface area contributed by atoms with Crippen LogP contribution in [0.15, 0.2) is 66.7 Å². The Morgan fingerprint density at radius 1 is 0.917 bits per heavy atom. The molecule has 124 valence electrons. The van der Waals surface area contributed by atoms with Gasteiger partial charge in [-0.05, 0) is 34.5 Å². The lowest BCUT2D eigenvalue weighted by molar-refractivity contribution is 0.0995. The van der Waals surface area contributed by atoms with Gasteiger partial charge in [0, 0.05) is 19.0 Å². The Hall–Kier alpha value is -1.74. The van der Waals surface area contributed by atoms with Gasteiger partial charge < -0.3 is 10.1 Å². The second-order valence-corrected chi connectivity index (χ2v) is 6.40. The third-order valence-corrected chi connectivity index (χ3v) is 4.75. The molecule has 24 heavy (non-hydrogen) atoms. The molecule has 1 aliphatic rings. The van der Waals surface area contributed by atoms with E-state index in [2.05, 4.69) is 47.8 Å². The molecule has 1 aliphatic heterocycles. The van der Waals surface area contributed by atoms with Crippen LogP contribution in [-0.4, -0.2) is 13.1 Å². The minimum atomic E-state index is 0. The molecule has 1 heterocycles. The van der Waals surface area contributed by atoms with Crippen molar-refractivity contribution in [3.05, 3.63) is 77.3 Å². The molecule has 0 bridgehead atoms. The predicted octanol–water partition coefficient (Wildman–Crippen LogP) is 5.25. The quantitative estimate of drug-likeness (QED) is 0.686. The van der Waals surface area contributed by atoms with Gasteiger partial charge in [0.05, 0.1) is 5.02 Å². The fourth-order valence-corrected chi connectivity index (χ4v) is 3.20. The Labute approximate surface area is 153 Å². The van der Waals surface area contributed by atoms with Gasteiger partial charge in [0.2, 0.25) is 0 Å². The molecular weight excluding hydrogens is 341 g/mol. The van der Waals surface area contributed by atoms with Crippen LogP contribution in [0.4, 0.5) is 0 Å². The molecule has 1 saturated heterocycles. The molecular formula is C20H19Cl2NO. The van der Waals surface area contributed by atoms with E-state index >= 15 is 0 Å². The zero-order valence-electron chi connectivity index (χ0n) is 13.1. The molecule has 1 fully saturated rings. The van der Waals surface area contributed by atoms with E-state index in [1.165, 1.54) is 16.3 Å². The summed E-state index contributed by atoms with van der Waals surface area (Å²) in [5.41, 5.74) is 1.20. The van der Waals surface area contributed by atoms with Crippen molar-refractivity contribution in [2.24, 2.45) is 5.92 Å². The van der Waals surface area contributed by atoms with Gasteiger partial charge in [-0.25, -0.2) is 0 Å². The van der Waals surface area contributed by atoms with Crippen LogP contribution < -0.4 is 10.1 Å². The maximum atomic E-state index is 6.31. The molecule has 3 aromatic rings. The molecule has 4 heteroatoms. The topological polar surface area (TPSA) is 21.3 Å². The number of rotatable bonds is 4. The van der Waals surface area contributed by atoms with Crippen molar-refractivity contribution >= 4 is 34.8 Å². The van der Waals surface area contributed by atoms with Crippen molar-refractivity contribution in [3.8, 4) is 5.75 Å². The van der Waals surface area contributed by atoms with Crippen LogP contribution in [0.5, 0.6) is 5.75 Å². The number of halogens is 2. The van der Waals surface area contributed by atoms with E-state index in [4.69, 9.17) is 16.3 Å². The number of hydrogen-bond acceptors (Lipinski definition) is 2. The molecule has 0 radical (unpaired) electrons. The smallest absolute Gasteiger partial charge is 0.138 e. The summed E-state index contributed by atoms with van der Waals surface area (Å²) in [4.78, 5) is 0. The van der Waals surface area contributed by atoms with Crippen molar-refractivity contribution in [2.75, 3.05) is 13.1 Å². The molecule has 0 saturated carbocycles. The average molecular weight is 360 g/mol. The number of nitrogens with one attached hydrogen (secondary N) is 1. The first-order valence-corrected chi connectivity index (χ1v) is 8.30. The van der Waals surface area contributed by atoms with E-state index in [1.807, 2.05) is 24.3 Å². The second-order valence-electron chi connectivity index (χ2n) is 5.99. The highest BCUT2D eigenvalue weighted by Crippen LogP contribution is 2.35. The highest BCUT2D eigenvalue weighted by Gasteiger charge is 2.30. The highest BCUT2D eigenvalue weighted by atomic mass is 35.5. The van der Waals surface area contributed by atoms with E-state index in [-0.39, 0.29) is 18.5 Å². The highest BCUT2D eigenvalue weighted by molar-refractivity contribution is 6.32. The van der Waals surface area contributed by atoms with E-state index in [1.54, 1.807) is 0 Å². The largest absolute Gasteiger partial charge is 0.484 e. The molecule has 0 aromatic heterocycles. The van der Waals surface area contributed by atoms with Gasteiger partial charge in [-0.2, -0.15) is 0 Å². The number of benzene rings is 3. The van der Waals surface area contributed by atoms with E-state index in [9.17, 15) is 0 Å². The third kappa shape index (κ3) is 3.36. The first-order chi connectivity index (χ1) is 11.3. The Morgan fingerprint density at radius 3 is 2.33 bits per heavy atom. The first-order valence-electron chi connectivity index (χ1n) is 7.92. The van der Waals surface area contributed by atoms with Gasteiger partial charge in [0.15, 0.2) is 0 Å². The molecule has 0 aliphatic carbocycles. The minimum Gasteiger partial charge on any atom is -0.484 e. The summed E-state index contributed by atoms with van der Waals surface area (Å²) in [6.07, 6.45) is 0.0146. The number of hydrogen-bond donors (Lipinski definition) is 1.